The molecule has 0 saturated carbocycles. The molecule has 1 N–H and O–H groups in total. The number of carbonyl (C=O) groups excluding carboxylic acids is 1. The number of hydrogen-bond donors (Lipinski definition) is 1. The Bertz CT molecular complexity index is 1040. The zero-order chi connectivity index (χ0) is 22.2. The minimum atomic E-state index is -1.29. The smallest absolute Gasteiger partial charge is 0.347 e. The number of hydrogen-bond acceptors (Lipinski definition) is 5. The highest BCUT2D eigenvalue weighted by atomic mass is 32.2. The lowest BCUT2D eigenvalue weighted by molar-refractivity contribution is -0.152. The SMILES string of the molecule is CC1N=C(c2ccccc2)SC1C(=O)N1CCc2cc(OC(C)(C)C(=O)O)ccc2C1. The van der Waals surface area contributed by atoms with Crippen LogP contribution in [-0.4, -0.2) is 50.4 Å². The molecule has 2 aliphatic heterocycles. The number of rotatable bonds is 5. The number of aliphatic carboxylic acids is 1. The molecule has 2 aliphatic rings. The van der Waals surface area contributed by atoms with Crippen molar-refractivity contribution in [3.8, 4) is 5.75 Å². The molecule has 0 fully saturated rings. The second-order valence-corrected chi connectivity index (χ2v) is 9.57. The predicted molar refractivity (Wildman–Crippen MR) is 122 cm³/mol. The zero-order valence-corrected chi connectivity index (χ0v) is 18.7. The molecule has 2 unspecified atom stereocenters. The van der Waals surface area contributed by atoms with Gasteiger partial charge in [-0.05, 0) is 50.5 Å². The maximum Gasteiger partial charge on any atom is 0.347 e. The lowest BCUT2D eigenvalue weighted by Crippen LogP contribution is -2.43. The van der Waals surface area contributed by atoms with Gasteiger partial charge in [0.05, 0.1) is 11.1 Å². The number of thioether (sulfide) groups is 1. The number of carboxylic acid groups (broad SMARTS) is 1. The first-order chi connectivity index (χ1) is 14.7. The molecule has 0 bridgehead atoms. The van der Waals surface area contributed by atoms with Crippen molar-refractivity contribution in [3.05, 3.63) is 65.2 Å². The average Bonchev–Trinajstić information content (AvgIpc) is 3.14. The molecule has 2 aromatic rings. The third kappa shape index (κ3) is 4.46. The van der Waals surface area contributed by atoms with E-state index in [9.17, 15) is 14.7 Å². The van der Waals surface area contributed by atoms with E-state index >= 15 is 0 Å². The van der Waals surface area contributed by atoms with E-state index in [1.165, 1.54) is 13.8 Å². The van der Waals surface area contributed by atoms with Crippen LogP contribution in [0.25, 0.3) is 0 Å². The Labute approximate surface area is 186 Å². The fraction of sp³-hybridized carbons (Fsp3) is 0.375. The summed E-state index contributed by atoms with van der Waals surface area (Å²) in [7, 11) is 0. The van der Waals surface area contributed by atoms with Crippen molar-refractivity contribution in [2.45, 2.75) is 50.6 Å². The van der Waals surface area contributed by atoms with E-state index in [4.69, 9.17) is 9.73 Å². The number of fused-ring (bicyclic) bond motifs is 1. The number of carboxylic acids is 1. The van der Waals surface area contributed by atoms with Gasteiger partial charge < -0.3 is 14.7 Å². The van der Waals surface area contributed by atoms with Crippen LogP contribution in [-0.2, 0) is 22.6 Å². The number of amides is 1. The Balaban J connectivity index is 1.43. The van der Waals surface area contributed by atoms with Crippen molar-refractivity contribution >= 4 is 28.7 Å². The molecule has 7 heteroatoms. The molecular formula is C24H26N2O4S. The van der Waals surface area contributed by atoms with Crippen LogP contribution in [0.3, 0.4) is 0 Å². The monoisotopic (exact) mass is 438 g/mol. The van der Waals surface area contributed by atoms with Gasteiger partial charge in [0.15, 0.2) is 5.60 Å². The van der Waals surface area contributed by atoms with Crippen LogP contribution >= 0.6 is 11.8 Å². The zero-order valence-electron chi connectivity index (χ0n) is 17.9. The maximum absolute atomic E-state index is 13.3. The first-order valence-electron chi connectivity index (χ1n) is 10.4. The Morgan fingerprint density at radius 1 is 1.16 bits per heavy atom. The van der Waals surface area contributed by atoms with Gasteiger partial charge in [-0.25, -0.2) is 4.79 Å². The van der Waals surface area contributed by atoms with Gasteiger partial charge in [-0.2, -0.15) is 0 Å². The van der Waals surface area contributed by atoms with Crippen molar-refractivity contribution in [1.82, 2.24) is 4.90 Å². The van der Waals surface area contributed by atoms with Gasteiger partial charge in [0.1, 0.15) is 11.0 Å². The molecule has 0 saturated heterocycles. The fourth-order valence-electron chi connectivity index (χ4n) is 3.78. The third-order valence-electron chi connectivity index (χ3n) is 5.65. The Morgan fingerprint density at radius 2 is 1.90 bits per heavy atom. The van der Waals surface area contributed by atoms with Crippen molar-refractivity contribution in [2.24, 2.45) is 4.99 Å². The van der Waals surface area contributed by atoms with Crippen LogP contribution in [0.4, 0.5) is 0 Å². The van der Waals surface area contributed by atoms with E-state index in [1.54, 1.807) is 17.8 Å². The normalized spacial score (nSPS) is 20.7. The van der Waals surface area contributed by atoms with Gasteiger partial charge >= 0.3 is 5.97 Å². The Kier molecular flexibility index (Phi) is 5.79. The molecule has 2 heterocycles. The molecular weight excluding hydrogens is 412 g/mol. The third-order valence-corrected chi connectivity index (χ3v) is 7.07. The van der Waals surface area contributed by atoms with E-state index in [2.05, 4.69) is 0 Å². The molecule has 31 heavy (non-hydrogen) atoms. The average molecular weight is 439 g/mol. The lowest BCUT2D eigenvalue weighted by atomic mass is 9.98. The van der Waals surface area contributed by atoms with E-state index < -0.39 is 11.6 Å². The van der Waals surface area contributed by atoms with E-state index in [0.717, 1.165) is 21.7 Å². The summed E-state index contributed by atoms with van der Waals surface area (Å²) in [5.74, 6) is -0.362. The molecule has 2 aromatic carbocycles. The summed E-state index contributed by atoms with van der Waals surface area (Å²) in [6.45, 7) is 6.23. The molecule has 4 rings (SSSR count). The summed E-state index contributed by atoms with van der Waals surface area (Å²) in [4.78, 5) is 31.2. The van der Waals surface area contributed by atoms with Crippen LogP contribution < -0.4 is 4.74 Å². The minimum Gasteiger partial charge on any atom is -0.478 e. The van der Waals surface area contributed by atoms with Crippen molar-refractivity contribution in [1.29, 1.82) is 0 Å². The van der Waals surface area contributed by atoms with Crippen LogP contribution in [0, 0.1) is 0 Å². The number of nitrogens with zero attached hydrogens (tertiary/aromatic N) is 2. The Morgan fingerprint density at radius 3 is 2.61 bits per heavy atom. The van der Waals surface area contributed by atoms with Crippen molar-refractivity contribution in [3.63, 3.8) is 0 Å². The first-order valence-corrected chi connectivity index (χ1v) is 11.3. The first kappa shape index (κ1) is 21.4. The van der Waals surface area contributed by atoms with Crippen LogP contribution in [0.2, 0.25) is 0 Å². The second-order valence-electron chi connectivity index (χ2n) is 8.44. The van der Waals surface area contributed by atoms with Crippen LogP contribution in [0.5, 0.6) is 5.75 Å². The minimum absolute atomic E-state index is 0.0665. The van der Waals surface area contributed by atoms with Crippen molar-refractivity contribution in [2.75, 3.05) is 6.54 Å². The summed E-state index contributed by atoms with van der Waals surface area (Å²) < 4.78 is 5.65. The number of benzene rings is 2. The van der Waals surface area contributed by atoms with E-state index in [-0.39, 0.29) is 17.2 Å². The van der Waals surface area contributed by atoms with Gasteiger partial charge in [0, 0.05) is 18.7 Å². The molecule has 162 valence electrons. The lowest BCUT2D eigenvalue weighted by Gasteiger charge is -2.32. The number of carbonyl (C=O) groups is 2. The highest BCUT2D eigenvalue weighted by Gasteiger charge is 2.37. The van der Waals surface area contributed by atoms with Gasteiger partial charge in [0.2, 0.25) is 5.91 Å². The van der Waals surface area contributed by atoms with Crippen LogP contribution in [0.15, 0.2) is 53.5 Å². The van der Waals surface area contributed by atoms with Crippen LogP contribution in [0.1, 0.15) is 37.5 Å². The molecule has 6 nitrogen and oxygen atoms in total. The molecule has 1 amide bonds. The van der Waals surface area contributed by atoms with E-state index in [1.807, 2.05) is 54.3 Å². The maximum atomic E-state index is 13.3. The molecule has 0 radical (unpaired) electrons. The second kappa shape index (κ2) is 8.38. The number of aliphatic imine (C=N–C) groups is 1. The fourth-order valence-corrected chi connectivity index (χ4v) is 5.03. The summed E-state index contributed by atoms with van der Waals surface area (Å²) >= 11 is 1.55. The summed E-state index contributed by atoms with van der Waals surface area (Å²) in [5.41, 5.74) is 1.92. The summed E-state index contributed by atoms with van der Waals surface area (Å²) in [6, 6.07) is 15.5. The van der Waals surface area contributed by atoms with E-state index in [0.29, 0.717) is 25.3 Å². The van der Waals surface area contributed by atoms with Crippen molar-refractivity contribution < 1.29 is 19.4 Å². The molecule has 0 aromatic heterocycles. The highest BCUT2D eigenvalue weighted by molar-refractivity contribution is 8.15. The van der Waals surface area contributed by atoms with Gasteiger partial charge in [0.25, 0.3) is 0 Å². The largest absolute Gasteiger partial charge is 0.478 e. The van der Waals surface area contributed by atoms with Gasteiger partial charge in [-0.1, -0.05) is 48.2 Å². The molecule has 2 atom stereocenters. The number of ether oxygens (including phenoxy) is 1. The van der Waals surface area contributed by atoms with Gasteiger partial charge in [-0.15, -0.1) is 0 Å². The molecule has 0 aliphatic carbocycles. The quantitative estimate of drug-likeness (QED) is 0.769. The summed E-state index contributed by atoms with van der Waals surface area (Å²) in [6.07, 6.45) is 0.712. The van der Waals surface area contributed by atoms with Gasteiger partial charge in [-0.3, -0.25) is 9.79 Å². The topological polar surface area (TPSA) is 79.2 Å². The Hall–Kier alpha value is -2.80. The highest BCUT2D eigenvalue weighted by Crippen LogP contribution is 2.33. The predicted octanol–water partition coefficient (Wildman–Crippen LogP) is 3.76. The summed E-state index contributed by atoms with van der Waals surface area (Å²) in [5, 5.41) is 9.98. The molecule has 0 spiro atoms. The standard InChI is InChI=1S/C24H26N2O4S/c1-15-20(31-21(25-15)16-7-5-4-6-8-16)22(27)26-12-11-17-13-19(10-9-18(17)14-26)30-24(2,3)23(28)29/h4-10,13,15,20H,11-12,14H2,1-3H3,(H,28,29).